The number of H-pyrrole nitrogens is 1. The highest BCUT2D eigenvalue weighted by atomic mass is 79.9. The van der Waals surface area contributed by atoms with E-state index in [1.807, 2.05) is 30.3 Å². The van der Waals surface area contributed by atoms with E-state index in [1.165, 1.54) is 0 Å². The highest BCUT2D eigenvalue weighted by Crippen LogP contribution is 2.47. The smallest absolute Gasteiger partial charge is 0.412 e. The Labute approximate surface area is 204 Å². The molecule has 1 aliphatic rings. The van der Waals surface area contributed by atoms with Gasteiger partial charge in [-0.05, 0) is 56.0 Å². The number of anilines is 2. The van der Waals surface area contributed by atoms with Crippen LogP contribution in [0.3, 0.4) is 0 Å². The number of hydrogen-bond acceptors (Lipinski definition) is 4. The average Bonchev–Trinajstić information content (AvgIpc) is 3.33. The van der Waals surface area contributed by atoms with Gasteiger partial charge in [0.2, 0.25) is 0 Å². The van der Waals surface area contributed by atoms with Crippen LogP contribution in [0.4, 0.5) is 16.2 Å². The molecular formula is C26H24BrN3O4. The quantitative estimate of drug-likeness (QED) is 0.263. The van der Waals surface area contributed by atoms with E-state index >= 15 is 0 Å². The second-order valence-electron chi connectivity index (χ2n) is 9.37. The lowest BCUT2D eigenvalue weighted by molar-refractivity contribution is 0.0635. The number of carbonyl (C=O) groups excluding carboxylic acids is 2. The predicted molar refractivity (Wildman–Crippen MR) is 137 cm³/mol. The molecule has 4 aromatic rings. The SMILES string of the molecule is CC(C)(C)OC(=O)Nc1ccc2[nH]c(C(=O)N3C[C@@H](Br)c4c3cc(O)c3ccccc43)cc2c1. The number of aromatic hydroxyl groups is 1. The van der Waals surface area contributed by atoms with Gasteiger partial charge < -0.3 is 19.7 Å². The van der Waals surface area contributed by atoms with Crippen molar-refractivity contribution in [2.75, 3.05) is 16.8 Å². The number of carbonyl (C=O) groups is 2. The van der Waals surface area contributed by atoms with Crippen LogP contribution in [0, 0.1) is 0 Å². The zero-order valence-corrected chi connectivity index (χ0v) is 20.6. The molecule has 3 aromatic carbocycles. The molecule has 3 N–H and O–H groups in total. The second kappa shape index (κ2) is 8.06. The molecule has 0 saturated carbocycles. The predicted octanol–water partition coefficient (Wildman–Crippen LogP) is 6.47. The number of fused-ring (bicyclic) bond motifs is 4. The normalized spacial score (nSPS) is 15.5. The molecule has 8 heteroatoms. The van der Waals surface area contributed by atoms with Crippen molar-refractivity contribution in [3.8, 4) is 5.75 Å². The van der Waals surface area contributed by atoms with Gasteiger partial charge in [-0.2, -0.15) is 0 Å². The molecule has 0 saturated heterocycles. The Kier molecular flexibility index (Phi) is 5.28. The molecule has 0 fully saturated rings. The maximum atomic E-state index is 13.5. The number of aromatic amines is 1. The fourth-order valence-corrected chi connectivity index (χ4v) is 5.12. The van der Waals surface area contributed by atoms with E-state index in [-0.39, 0.29) is 16.5 Å². The number of alkyl halides is 1. The third-order valence-electron chi connectivity index (χ3n) is 5.73. The molecule has 1 aliphatic heterocycles. The zero-order chi connectivity index (χ0) is 24.2. The van der Waals surface area contributed by atoms with Crippen LogP contribution in [0.1, 0.15) is 41.7 Å². The van der Waals surface area contributed by atoms with Crippen molar-refractivity contribution >= 4 is 61.0 Å². The summed E-state index contributed by atoms with van der Waals surface area (Å²) in [5.41, 5.74) is 2.85. The Balaban J connectivity index is 1.45. The number of nitrogens with one attached hydrogen (secondary N) is 2. The van der Waals surface area contributed by atoms with Crippen molar-refractivity contribution in [1.82, 2.24) is 4.98 Å². The van der Waals surface area contributed by atoms with Gasteiger partial charge in [0.1, 0.15) is 17.0 Å². The van der Waals surface area contributed by atoms with E-state index in [1.54, 1.807) is 49.9 Å². The summed E-state index contributed by atoms with van der Waals surface area (Å²) in [5.74, 6) is -0.0565. The fourth-order valence-electron chi connectivity index (χ4n) is 4.35. The number of phenolic OH excluding ortho intramolecular Hbond substituents is 1. The van der Waals surface area contributed by atoms with Crippen LogP contribution in [0.15, 0.2) is 54.6 Å². The molecule has 0 radical (unpaired) electrons. The molecule has 2 amide bonds. The molecule has 7 nitrogen and oxygen atoms in total. The summed E-state index contributed by atoms with van der Waals surface area (Å²) >= 11 is 3.71. The Morgan fingerprint density at radius 3 is 2.59 bits per heavy atom. The largest absolute Gasteiger partial charge is 0.507 e. The lowest BCUT2D eigenvalue weighted by atomic mass is 10.0. The van der Waals surface area contributed by atoms with Gasteiger partial charge in [0.15, 0.2) is 0 Å². The van der Waals surface area contributed by atoms with E-state index in [0.29, 0.717) is 23.6 Å². The summed E-state index contributed by atoms with van der Waals surface area (Å²) in [6.45, 7) is 5.85. The van der Waals surface area contributed by atoms with Gasteiger partial charge in [0, 0.05) is 34.6 Å². The molecule has 0 spiro atoms. The van der Waals surface area contributed by atoms with Gasteiger partial charge in [-0.15, -0.1) is 0 Å². The highest BCUT2D eigenvalue weighted by Gasteiger charge is 2.34. The number of benzene rings is 3. The van der Waals surface area contributed by atoms with Crippen LogP contribution >= 0.6 is 15.9 Å². The third kappa shape index (κ3) is 3.98. The monoisotopic (exact) mass is 521 g/mol. The van der Waals surface area contributed by atoms with Crippen molar-refractivity contribution in [1.29, 1.82) is 0 Å². The van der Waals surface area contributed by atoms with Crippen molar-refractivity contribution in [2.24, 2.45) is 0 Å². The summed E-state index contributed by atoms with van der Waals surface area (Å²) < 4.78 is 5.30. The van der Waals surface area contributed by atoms with E-state index in [4.69, 9.17) is 4.74 Å². The first-order chi connectivity index (χ1) is 16.1. The van der Waals surface area contributed by atoms with Crippen LogP contribution in [-0.4, -0.2) is 34.2 Å². The fraction of sp³-hybridized carbons (Fsp3) is 0.231. The Morgan fingerprint density at radius 1 is 1.12 bits per heavy atom. The number of hydrogen-bond donors (Lipinski definition) is 3. The number of halogens is 1. The summed E-state index contributed by atoms with van der Waals surface area (Å²) in [6, 6.07) is 16.4. The maximum Gasteiger partial charge on any atom is 0.412 e. The van der Waals surface area contributed by atoms with E-state index in [9.17, 15) is 14.7 Å². The molecule has 2 heterocycles. The number of phenols is 1. The number of ether oxygens (including phenoxy) is 1. The summed E-state index contributed by atoms with van der Waals surface area (Å²) in [6.07, 6.45) is -0.539. The minimum absolute atomic E-state index is 0.0500. The molecule has 174 valence electrons. The Bertz CT molecular complexity index is 1450. The minimum Gasteiger partial charge on any atom is -0.507 e. The molecule has 0 aliphatic carbocycles. The van der Waals surface area contributed by atoms with Gasteiger partial charge in [-0.25, -0.2) is 4.79 Å². The first-order valence-corrected chi connectivity index (χ1v) is 11.9. The lowest BCUT2D eigenvalue weighted by Crippen LogP contribution is -2.29. The van der Waals surface area contributed by atoms with Gasteiger partial charge in [-0.1, -0.05) is 40.2 Å². The van der Waals surface area contributed by atoms with Crippen molar-refractivity contribution < 1.29 is 19.4 Å². The summed E-state index contributed by atoms with van der Waals surface area (Å²) in [7, 11) is 0. The number of rotatable bonds is 2. The molecule has 34 heavy (non-hydrogen) atoms. The van der Waals surface area contributed by atoms with Crippen molar-refractivity contribution in [3.63, 3.8) is 0 Å². The molecule has 1 aromatic heterocycles. The molecule has 0 unspecified atom stereocenters. The zero-order valence-electron chi connectivity index (χ0n) is 19.0. The minimum atomic E-state index is -0.596. The van der Waals surface area contributed by atoms with Gasteiger partial charge in [0.25, 0.3) is 5.91 Å². The number of nitrogens with zero attached hydrogens (tertiary/aromatic N) is 1. The van der Waals surface area contributed by atoms with Gasteiger partial charge in [-0.3, -0.25) is 10.1 Å². The van der Waals surface area contributed by atoms with E-state index in [2.05, 4.69) is 26.2 Å². The van der Waals surface area contributed by atoms with Crippen LogP contribution in [-0.2, 0) is 4.74 Å². The maximum absolute atomic E-state index is 13.5. The molecular weight excluding hydrogens is 498 g/mol. The third-order valence-corrected chi connectivity index (χ3v) is 6.48. The van der Waals surface area contributed by atoms with Crippen LogP contribution < -0.4 is 10.2 Å². The average molecular weight is 522 g/mol. The lowest BCUT2D eigenvalue weighted by Gasteiger charge is -2.19. The Morgan fingerprint density at radius 2 is 1.85 bits per heavy atom. The first-order valence-electron chi connectivity index (χ1n) is 10.9. The van der Waals surface area contributed by atoms with Crippen LogP contribution in [0.25, 0.3) is 21.7 Å². The number of aromatic nitrogens is 1. The van der Waals surface area contributed by atoms with Crippen molar-refractivity contribution in [2.45, 2.75) is 31.2 Å². The van der Waals surface area contributed by atoms with Gasteiger partial charge in [0.05, 0.1) is 10.5 Å². The Hall–Kier alpha value is -3.52. The van der Waals surface area contributed by atoms with E-state index < -0.39 is 11.7 Å². The number of amides is 2. The molecule has 0 bridgehead atoms. The first kappa shape index (κ1) is 22.3. The summed E-state index contributed by atoms with van der Waals surface area (Å²) in [5, 5.41) is 15.8. The van der Waals surface area contributed by atoms with Crippen molar-refractivity contribution in [3.05, 3.63) is 65.9 Å². The second-order valence-corrected chi connectivity index (χ2v) is 10.5. The highest BCUT2D eigenvalue weighted by molar-refractivity contribution is 9.09. The molecule has 5 rings (SSSR count). The standard InChI is InChI=1S/C26H24BrN3O4/c1-26(2,3)34-25(33)28-15-8-9-19-14(10-15)11-20(29-19)24(32)30-13-18(27)23-17-7-5-4-6-16(17)22(31)12-21(23)30/h4-12,18,29,31H,13H2,1-3H3,(H,28,33)/t18-/m1/s1. The van der Waals surface area contributed by atoms with E-state index in [0.717, 1.165) is 27.2 Å². The van der Waals surface area contributed by atoms with Crippen LogP contribution in [0.2, 0.25) is 0 Å². The van der Waals surface area contributed by atoms with Gasteiger partial charge >= 0.3 is 6.09 Å². The topological polar surface area (TPSA) is 94.7 Å². The van der Waals surface area contributed by atoms with Crippen LogP contribution in [0.5, 0.6) is 5.75 Å². The molecule has 1 atom stereocenters. The summed E-state index contributed by atoms with van der Waals surface area (Å²) in [4.78, 5) is 30.4.